The van der Waals surface area contributed by atoms with E-state index in [2.05, 4.69) is 10.6 Å². The van der Waals surface area contributed by atoms with E-state index in [1.165, 1.54) is 0 Å². The Balaban J connectivity index is 1.54. The largest absolute Gasteiger partial charge is 0.340 e. The molecule has 0 aliphatic carbocycles. The first-order valence-corrected chi connectivity index (χ1v) is 12.0. The number of piperazine rings is 1. The second kappa shape index (κ2) is 11.5. The summed E-state index contributed by atoms with van der Waals surface area (Å²) in [5, 5.41) is 6.22. The SMILES string of the molecule is Cc1cccc(C)c1NC(=O)CN1CCN(C(=O)[C@@H](NC(=O)c2ccccc2Cl)C(C)C)CC1. The lowest BCUT2D eigenvalue weighted by Crippen LogP contribution is -2.57. The second-order valence-electron chi connectivity index (χ2n) is 9.09. The van der Waals surface area contributed by atoms with Gasteiger partial charge in [0.05, 0.1) is 17.1 Å². The maximum absolute atomic E-state index is 13.2. The fourth-order valence-electron chi connectivity index (χ4n) is 4.09. The highest BCUT2D eigenvalue weighted by molar-refractivity contribution is 6.33. The van der Waals surface area contributed by atoms with Gasteiger partial charge in [0.15, 0.2) is 0 Å². The van der Waals surface area contributed by atoms with Crippen molar-refractivity contribution in [3.63, 3.8) is 0 Å². The van der Waals surface area contributed by atoms with Gasteiger partial charge >= 0.3 is 0 Å². The molecule has 0 aromatic heterocycles. The van der Waals surface area contributed by atoms with Gasteiger partial charge in [-0.3, -0.25) is 19.3 Å². The molecule has 1 saturated heterocycles. The lowest BCUT2D eigenvalue weighted by molar-refractivity contribution is -0.136. The van der Waals surface area contributed by atoms with Crippen LogP contribution in [0.2, 0.25) is 5.02 Å². The van der Waals surface area contributed by atoms with E-state index in [-0.39, 0.29) is 30.2 Å². The molecule has 2 N–H and O–H groups in total. The Kier molecular flexibility index (Phi) is 8.69. The molecule has 1 fully saturated rings. The number of anilines is 1. The first kappa shape index (κ1) is 25.7. The lowest BCUT2D eigenvalue weighted by Gasteiger charge is -2.37. The summed E-state index contributed by atoms with van der Waals surface area (Å²) in [6.07, 6.45) is 0. The number of benzene rings is 2. The van der Waals surface area contributed by atoms with Gasteiger partial charge in [0.1, 0.15) is 6.04 Å². The number of hydrogen-bond donors (Lipinski definition) is 2. The van der Waals surface area contributed by atoms with Crippen molar-refractivity contribution in [1.29, 1.82) is 0 Å². The van der Waals surface area contributed by atoms with Crippen molar-refractivity contribution in [2.75, 3.05) is 38.0 Å². The van der Waals surface area contributed by atoms with E-state index in [4.69, 9.17) is 11.6 Å². The number of nitrogens with zero attached hydrogens (tertiary/aromatic N) is 2. The summed E-state index contributed by atoms with van der Waals surface area (Å²) >= 11 is 6.14. The Hall–Kier alpha value is -2.90. The van der Waals surface area contributed by atoms with E-state index in [0.717, 1.165) is 16.8 Å². The third-order valence-corrected chi connectivity index (χ3v) is 6.46. The molecule has 1 heterocycles. The van der Waals surface area contributed by atoms with Crippen LogP contribution in [0, 0.1) is 19.8 Å². The minimum absolute atomic E-state index is 0.0655. The van der Waals surface area contributed by atoms with E-state index >= 15 is 0 Å². The summed E-state index contributed by atoms with van der Waals surface area (Å²) in [7, 11) is 0. The molecule has 1 atom stereocenters. The maximum Gasteiger partial charge on any atom is 0.253 e. The Morgan fingerprint density at radius 2 is 1.56 bits per heavy atom. The monoisotopic (exact) mass is 484 g/mol. The minimum atomic E-state index is -0.650. The van der Waals surface area contributed by atoms with E-state index in [0.29, 0.717) is 36.8 Å². The van der Waals surface area contributed by atoms with Gasteiger partial charge in [0.2, 0.25) is 11.8 Å². The highest BCUT2D eigenvalue weighted by Crippen LogP contribution is 2.20. The average Bonchev–Trinajstić information content (AvgIpc) is 2.80. The first-order valence-electron chi connectivity index (χ1n) is 11.6. The van der Waals surface area contributed by atoms with Crippen molar-refractivity contribution in [1.82, 2.24) is 15.1 Å². The van der Waals surface area contributed by atoms with E-state index in [1.54, 1.807) is 29.2 Å². The predicted molar refractivity (Wildman–Crippen MR) is 135 cm³/mol. The van der Waals surface area contributed by atoms with Gasteiger partial charge in [-0.05, 0) is 43.0 Å². The molecule has 0 saturated carbocycles. The zero-order chi connectivity index (χ0) is 24.8. The molecular formula is C26H33ClN4O3. The smallest absolute Gasteiger partial charge is 0.253 e. The Morgan fingerprint density at radius 1 is 0.941 bits per heavy atom. The van der Waals surface area contributed by atoms with Gasteiger partial charge < -0.3 is 15.5 Å². The van der Waals surface area contributed by atoms with Crippen LogP contribution in [0.3, 0.4) is 0 Å². The summed E-state index contributed by atoms with van der Waals surface area (Å²) in [6, 6.07) is 12.1. The number of nitrogens with one attached hydrogen (secondary N) is 2. The molecule has 0 spiro atoms. The molecule has 34 heavy (non-hydrogen) atoms. The summed E-state index contributed by atoms with van der Waals surface area (Å²) in [5.41, 5.74) is 3.27. The molecule has 2 aromatic carbocycles. The van der Waals surface area contributed by atoms with Crippen molar-refractivity contribution in [2.45, 2.75) is 33.7 Å². The van der Waals surface area contributed by atoms with Crippen LogP contribution in [0.15, 0.2) is 42.5 Å². The van der Waals surface area contributed by atoms with Gasteiger partial charge in [-0.25, -0.2) is 0 Å². The number of amides is 3. The Morgan fingerprint density at radius 3 is 2.15 bits per heavy atom. The minimum Gasteiger partial charge on any atom is -0.340 e. The van der Waals surface area contributed by atoms with E-state index in [1.807, 2.05) is 50.8 Å². The van der Waals surface area contributed by atoms with Crippen LogP contribution < -0.4 is 10.6 Å². The van der Waals surface area contributed by atoms with Crippen LogP contribution in [-0.4, -0.2) is 66.3 Å². The summed E-state index contributed by atoms with van der Waals surface area (Å²) in [4.78, 5) is 42.3. The topological polar surface area (TPSA) is 81.8 Å². The normalized spacial score (nSPS) is 15.2. The van der Waals surface area contributed by atoms with Crippen LogP contribution in [0.5, 0.6) is 0 Å². The molecule has 0 unspecified atom stereocenters. The first-order chi connectivity index (χ1) is 16.2. The maximum atomic E-state index is 13.2. The molecule has 1 aliphatic heterocycles. The number of hydrogen-bond acceptors (Lipinski definition) is 4. The predicted octanol–water partition coefficient (Wildman–Crippen LogP) is 3.49. The van der Waals surface area contributed by atoms with Gasteiger partial charge in [-0.15, -0.1) is 0 Å². The highest BCUT2D eigenvalue weighted by Gasteiger charge is 2.31. The molecule has 7 nitrogen and oxygen atoms in total. The van der Waals surface area contributed by atoms with Crippen molar-refractivity contribution in [3.05, 3.63) is 64.2 Å². The van der Waals surface area contributed by atoms with Crippen LogP contribution in [-0.2, 0) is 9.59 Å². The number of carbonyl (C=O) groups is 3. The summed E-state index contributed by atoms with van der Waals surface area (Å²) in [5.74, 6) is -0.626. The molecule has 1 aliphatic rings. The van der Waals surface area contributed by atoms with Crippen molar-refractivity contribution in [2.24, 2.45) is 5.92 Å². The highest BCUT2D eigenvalue weighted by atomic mass is 35.5. The molecule has 182 valence electrons. The quantitative estimate of drug-likeness (QED) is 0.630. The van der Waals surface area contributed by atoms with Gasteiger partial charge in [-0.1, -0.05) is 55.8 Å². The third kappa shape index (κ3) is 6.36. The molecule has 3 rings (SSSR count). The van der Waals surface area contributed by atoms with Crippen LogP contribution >= 0.6 is 11.6 Å². The van der Waals surface area contributed by atoms with Gasteiger partial charge in [-0.2, -0.15) is 0 Å². The van der Waals surface area contributed by atoms with Gasteiger partial charge in [0.25, 0.3) is 5.91 Å². The zero-order valence-corrected chi connectivity index (χ0v) is 21.0. The summed E-state index contributed by atoms with van der Waals surface area (Å²) < 4.78 is 0. The van der Waals surface area contributed by atoms with Gasteiger partial charge in [0, 0.05) is 31.9 Å². The van der Waals surface area contributed by atoms with E-state index < -0.39 is 6.04 Å². The van der Waals surface area contributed by atoms with Crippen molar-refractivity contribution in [3.8, 4) is 0 Å². The number of carbonyl (C=O) groups excluding carboxylic acids is 3. The number of rotatable bonds is 7. The Labute approximate surface area is 206 Å². The van der Waals surface area contributed by atoms with Crippen LogP contribution in [0.1, 0.15) is 35.3 Å². The number of para-hydroxylation sites is 1. The molecular weight excluding hydrogens is 452 g/mol. The lowest BCUT2D eigenvalue weighted by atomic mass is 10.0. The van der Waals surface area contributed by atoms with E-state index in [9.17, 15) is 14.4 Å². The second-order valence-corrected chi connectivity index (χ2v) is 9.50. The van der Waals surface area contributed by atoms with Crippen molar-refractivity contribution < 1.29 is 14.4 Å². The average molecular weight is 485 g/mol. The fourth-order valence-corrected chi connectivity index (χ4v) is 4.32. The van der Waals surface area contributed by atoms with Crippen LogP contribution in [0.25, 0.3) is 0 Å². The number of aryl methyl sites for hydroxylation is 2. The standard InChI is InChI=1S/C26H33ClN4O3/c1-17(2)23(29-25(33)20-10-5-6-11-21(20)27)26(34)31-14-12-30(13-15-31)16-22(32)28-24-18(3)8-7-9-19(24)4/h5-11,17,23H,12-16H2,1-4H3,(H,28,32)(H,29,33)/t23-/m0/s1. The fraction of sp³-hybridized carbons (Fsp3) is 0.423. The third-order valence-electron chi connectivity index (χ3n) is 6.13. The zero-order valence-electron chi connectivity index (χ0n) is 20.2. The molecule has 8 heteroatoms. The number of halogens is 1. The molecule has 3 amide bonds. The molecule has 2 aromatic rings. The molecule has 0 radical (unpaired) electrons. The molecule has 0 bridgehead atoms. The summed E-state index contributed by atoms with van der Waals surface area (Å²) in [6.45, 7) is 10.2. The Bertz CT molecular complexity index is 1030. The van der Waals surface area contributed by atoms with Crippen LogP contribution in [0.4, 0.5) is 5.69 Å². The van der Waals surface area contributed by atoms with Crippen molar-refractivity contribution >= 4 is 35.0 Å².